The van der Waals surface area contributed by atoms with Gasteiger partial charge in [-0.3, -0.25) is 9.59 Å². The lowest BCUT2D eigenvalue weighted by Gasteiger charge is -2.63. The van der Waals surface area contributed by atoms with Crippen LogP contribution in [0.15, 0.2) is 0 Å². The molecule has 11 atom stereocenters. The van der Waals surface area contributed by atoms with Gasteiger partial charge in [-0.05, 0) is 118 Å². The lowest BCUT2D eigenvalue weighted by Crippen LogP contribution is -2.62. The molecule has 6 nitrogen and oxygen atoms in total. The Morgan fingerprint density at radius 2 is 1.69 bits per heavy atom. The summed E-state index contributed by atoms with van der Waals surface area (Å²) in [6.45, 7) is 11.9. The van der Waals surface area contributed by atoms with Crippen molar-refractivity contribution in [2.45, 2.75) is 118 Å². The van der Waals surface area contributed by atoms with Gasteiger partial charge in [0.25, 0.3) is 0 Å². The number of carbonyl (C=O) groups is 2. The fourth-order valence-electron chi connectivity index (χ4n) is 8.99. The van der Waals surface area contributed by atoms with Gasteiger partial charge in [-0.1, -0.05) is 20.8 Å². The van der Waals surface area contributed by atoms with Crippen molar-refractivity contribution in [2.24, 2.45) is 51.8 Å². The van der Waals surface area contributed by atoms with Gasteiger partial charge in [-0.25, -0.2) is 0 Å². The summed E-state index contributed by atoms with van der Waals surface area (Å²) >= 11 is 0. The van der Waals surface area contributed by atoms with Gasteiger partial charge in [-0.15, -0.1) is 0 Å². The summed E-state index contributed by atoms with van der Waals surface area (Å²) in [6, 6.07) is 0. The van der Waals surface area contributed by atoms with Crippen LogP contribution in [0, 0.1) is 51.8 Å². The van der Waals surface area contributed by atoms with Gasteiger partial charge in [0.15, 0.2) is 0 Å². The summed E-state index contributed by atoms with van der Waals surface area (Å²) in [5.41, 5.74) is -0.925. The number of hydrogen-bond acceptors (Lipinski definition) is 6. The molecular formula is C29H48O6. The van der Waals surface area contributed by atoms with Crippen molar-refractivity contribution in [3.05, 3.63) is 0 Å². The molecular weight excluding hydrogens is 444 g/mol. The zero-order valence-corrected chi connectivity index (χ0v) is 22.6. The molecule has 0 saturated heterocycles. The van der Waals surface area contributed by atoms with Gasteiger partial charge in [0.1, 0.15) is 0 Å². The van der Waals surface area contributed by atoms with E-state index in [0.717, 1.165) is 38.5 Å². The number of aliphatic hydroxyl groups excluding tert-OH is 3. The molecule has 4 aliphatic rings. The number of hydrogen-bond donors (Lipinski definition) is 3. The molecule has 0 aliphatic heterocycles. The van der Waals surface area contributed by atoms with Gasteiger partial charge < -0.3 is 20.1 Å². The Morgan fingerprint density at radius 3 is 2.34 bits per heavy atom. The molecule has 4 aliphatic carbocycles. The molecule has 4 saturated carbocycles. The lowest BCUT2D eigenvalue weighted by atomic mass is 9.43. The van der Waals surface area contributed by atoms with Crippen LogP contribution in [0.2, 0.25) is 0 Å². The summed E-state index contributed by atoms with van der Waals surface area (Å²) in [6.07, 6.45) is 5.75. The number of aliphatic hydroxyl groups is 3. The van der Waals surface area contributed by atoms with Crippen LogP contribution >= 0.6 is 0 Å². The Balaban J connectivity index is 1.47. The Labute approximate surface area is 211 Å². The van der Waals surface area contributed by atoms with Crippen molar-refractivity contribution in [3.63, 3.8) is 0 Å². The van der Waals surface area contributed by atoms with Crippen molar-refractivity contribution in [1.82, 2.24) is 0 Å². The van der Waals surface area contributed by atoms with E-state index in [-0.39, 0.29) is 59.0 Å². The third-order valence-electron chi connectivity index (χ3n) is 11.1. The molecule has 35 heavy (non-hydrogen) atoms. The molecule has 6 heteroatoms. The van der Waals surface area contributed by atoms with E-state index in [0.29, 0.717) is 18.8 Å². The van der Waals surface area contributed by atoms with E-state index in [1.165, 1.54) is 0 Å². The summed E-state index contributed by atoms with van der Waals surface area (Å²) in [7, 11) is 0. The zero-order chi connectivity index (χ0) is 25.9. The molecule has 0 bridgehead atoms. The average Bonchev–Trinajstić information content (AvgIpc) is 3.12. The minimum absolute atomic E-state index is 0.0679. The minimum Gasteiger partial charge on any atom is -0.393 e. The largest absolute Gasteiger partial charge is 0.393 e. The maximum Gasteiger partial charge on any atom is 0.318 e. The third kappa shape index (κ3) is 4.61. The van der Waals surface area contributed by atoms with Crippen LogP contribution in [-0.2, 0) is 14.3 Å². The Bertz CT molecular complexity index is 818. The second-order valence-corrected chi connectivity index (χ2v) is 14.1. The van der Waals surface area contributed by atoms with Crippen LogP contribution in [0.25, 0.3) is 0 Å². The minimum atomic E-state index is -0.705. The topological polar surface area (TPSA) is 104 Å². The van der Waals surface area contributed by atoms with E-state index in [9.17, 15) is 24.9 Å². The number of ether oxygens (including phenoxy) is 1. The van der Waals surface area contributed by atoms with Crippen molar-refractivity contribution >= 4 is 11.9 Å². The number of fused-ring (bicyclic) bond motifs is 5. The third-order valence-corrected chi connectivity index (χ3v) is 11.1. The van der Waals surface area contributed by atoms with Crippen LogP contribution in [0.3, 0.4) is 0 Å². The fraction of sp³-hybridized carbons (Fsp3) is 0.931. The summed E-state index contributed by atoms with van der Waals surface area (Å²) < 4.78 is 5.06. The molecule has 4 rings (SSSR count). The molecule has 0 aromatic rings. The number of esters is 2. The van der Waals surface area contributed by atoms with Crippen molar-refractivity contribution in [3.8, 4) is 0 Å². The molecule has 0 amide bonds. The fourth-order valence-corrected chi connectivity index (χ4v) is 8.99. The van der Waals surface area contributed by atoms with Crippen LogP contribution in [0.5, 0.6) is 0 Å². The molecule has 0 radical (unpaired) electrons. The van der Waals surface area contributed by atoms with Gasteiger partial charge in [0.05, 0.1) is 23.7 Å². The molecule has 3 N–H and O–H groups in total. The first-order valence-corrected chi connectivity index (χ1v) is 14.0. The molecule has 4 fully saturated rings. The van der Waals surface area contributed by atoms with Crippen LogP contribution in [0.1, 0.15) is 99.3 Å². The van der Waals surface area contributed by atoms with Gasteiger partial charge in [0.2, 0.25) is 0 Å². The van der Waals surface area contributed by atoms with E-state index in [2.05, 4.69) is 20.8 Å². The van der Waals surface area contributed by atoms with E-state index in [1.54, 1.807) is 20.8 Å². The van der Waals surface area contributed by atoms with E-state index in [1.807, 2.05) is 0 Å². The van der Waals surface area contributed by atoms with Gasteiger partial charge in [0, 0.05) is 6.42 Å². The second-order valence-electron chi connectivity index (χ2n) is 14.1. The first-order chi connectivity index (χ1) is 16.2. The summed E-state index contributed by atoms with van der Waals surface area (Å²) in [4.78, 5) is 24.4. The van der Waals surface area contributed by atoms with E-state index < -0.39 is 23.5 Å². The standard InChI is InChI=1S/C29H48O6/c1-16(7-10-24(33)35-26(34)27(2,3)4)19-8-9-20-25-21(15-23(32)29(19,20)6)28(5)12-11-18(30)13-17(28)14-22(25)31/h16-23,25,30-32H,7-15H2,1-6H3/t16-,17+,18-,19?,20?,21?,22-,23+,25?,28+,29-/m1/s1. The van der Waals surface area contributed by atoms with Crippen LogP contribution in [0.4, 0.5) is 0 Å². The lowest BCUT2D eigenvalue weighted by molar-refractivity contribution is -0.207. The molecule has 4 unspecified atom stereocenters. The quantitative estimate of drug-likeness (QED) is 0.395. The maximum atomic E-state index is 12.3. The summed E-state index contributed by atoms with van der Waals surface area (Å²) in [5.74, 6) is 0.556. The highest BCUT2D eigenvalue weighted by atomic mass is 16.6. The molecule has 200 valence electrons. The number of rotatable bonds is 4. The van der Waals surface area contributed by atoms with Crippen molar-refractivity contribution in [2.75, 3.05) is 0 Å². The Kier molecular flexibility index (Phi) is 7.27. The molecule has 0 aromatic heterocycles. The predicted molar refractivity (Wildman–Crippen MR) is 133 cm³/mol. The van der Waals surface area contributed by atoms with Crippen LogP contribution in [-0.4, -0.2) is 45.6 Å². The maximum absolute atomic E-state index is 12.3. The normalized spacial score (nSPS) is 46.2. The highest BCUT2D eigenvalue weighted by Crippen LogP contribution is 2.68. The monoisotopic (exact) mass is 492 g/mol. The first kappa shape index (κ1) is 27.1. The zero-order valence-electron chi connectivity index (χ0n) is 22.6. The Morgan fingerprint density at radius 1 is 1.00 bits per heavy atom. The van der Waals surface area contributed by atoms with Gasteiger partial charge >= 0.3 is 11.9 Å². The van der Waals surface area contributed by atoms with E-state index in [4.69, 9.17) is 4.74 Å². The molecule has 0 spiro atoms. The summed E-state index contributed by atoms with van der Waals surface area (Å²) in [5, 5.41) is 33.3. The average molecular weight is 493 g/mol. The predicted octanol–water partition coefficient (Wildman–Crippen LogP) is 4.48. The highest BCUT2D eigenvalue weighted by molar-refractivity contribution is 5.88. The van der Waals surface area contributed by atoms with Crippen molar-refractivity contribution < 1.29 is 29.6 Å². The van der Waals surface area contributed by atoms with E-state index >= 15 is 0 Å². The van der Waals surface area contributed by atoms with Gasteiger partial charge in [-0.2, -0.15) is 0 Å². The molecule has 0 heterocycles. The second kappa shape index (κ2) is 9.40. The Hall–Kier alpha value is -0.980. The van der Waals surface area contributed by atoms with Crippen molar-refractivity contribution in [1.29, 1.82) is 0 Å². The SMILES string of the molecule is C[C@H](CCC(=O)OC(=O)C(C)(C)C)C1CCC2C3C(C[C@H](O)[C@@]21C)[C@@]1(C)CC[C@@H](O)C[C@H]1C[C@H]3O. The highest BCUT2D eigenvalue weighted by Gasteiger charge is 2.65. The first-order valence-electron chi connectivity index (χ1n) is 14.0. The molecule has 0 aromatic carbocycles. The van der Waals surface area contributed by atoms with Crippen LogP contribution < -0.4 is 0 Å². The number of carbonyl (C=O) groups excluding carboxylic acids is 2. The smallest absolute Gasteiger partial charge is 0.318 e.